The highest BCUT2D eigenvalue weighted by Crippen LogP contribution is 2.31. The van der Waals surface area contributed by atoms with Crippen molar-refractivity contribution in [1.82, 2.24) is 15.1 Å². The van der Waals surface area contributed by atoms with Gasteiger partial charge >= 0.3 is 12.1 Å². The lowest BCUT2D eigenvalue weighted by molar-refractivity contribution is -0.141. The van der Waals surface area contributed by atoms with E-state index in [0.29, 0.717) is 0 Å². The van der Waals surface area contributed by atoms with Gasteiger partial charge in [-0.15, -0.1) is 0 Å². The molecule has 0 aliphatic heterocycles. The first kappa shape index (κ1) is 34.6. The molecule has 0 saturated heterocycles. The Balaban J connectivity index is 3.50. The van der Waals surface area contributed by atoms with Crippen LogP contribution in [-0.2, 0) is 24.5 Å². The Morgan fingerprint density at radius 1 is 0.950 bits per heavy atom. The van der Waals surface area contributed by atoms with E-state index in [1.54, 1.807) is 20.8 Å². The summed E-state index contributed by atoms with van der Waals surface area (Å²) in [5, 5.41) is 22.6. The number of aliphatic hydroxyl groups is 1. The quantitative estimate of drug-likeness (QED) is 0.351. The number of rotatable bonds is 11. The zero-order valence-electron chi connectivity index (χ0n) is 25.7. The SMILES string of the molecule is C/C(=C\[C@H](C(C)C)N(C)C(=O)[C@@H](NC(=O)[C@@H](N(C)C(=O)OC(C)(C)C)C(C)(C)c1ccccc1)[C@H](C)O)C(=O)O. The highest BCUT2D eigenvalue weighted by molar-refractivity contribution is 5.93. The molecule has 0 aliphatic carbocycles. The highest BCUT2D eigenvalue weighted by Gasteiger charge is 2.44. The number of benzene rings is 1. The van der Waals surface area contributed by atoms with E-state index in [4.69, 9.17) is 4.74 Å². The second-order valence-corrected chi connectivity index (χ2v) is 12.1. The van der Waals surface area contributed by atoms with Gasteiger partial charge in [-0.2, -0.15) is 0 Å². The van der Waals surface area contributed by atoms with Gasteiger partial charge in [0.1, 0.15) is 17.7 Å². The lowest BCUT2D eigenvalue weighted by atomic mass is 9.76. The van der Waals surface area contributed by atoms with Crippen molar-refractivity contribution >= 4 is 23.9 Å². The summed E-state index contributed by atoms with van der Waals surface area (Å²) in [6, 6.07) is 6.10. The number of carbonyl (C=O) groups is 4. The number of nitrogens with zero attached hydrogens (tertiary/aromatic N) is 2. The molecule has 0 aliphatic rings. The summed E-state index contributed by atoms with van der Waals surface area (Å²) in [6.45, 7) is 15.3. The maximum atomic E-state index is 14.0. The van der Waals surface area contributed by atoms with Gasteiger partial charge < -0.3 is 25.2 Å². The van der Waals surface area contributed by atoms with Crippen molar-refractivity contribution in [1.29, 1.82) is 0 Å². The van der Waals surface area contributed by atoms with Crippen LogP contribution in [0.4, 0.5) is 4.79 Å². The number of ether oxygens (including phenoxy) is 1. The second-order valence-electron chi connectivity index (χ2n) is 12.1. The van der Waals surface area contributed by atoms with E-state index in [1.165, 1.54) is 43.8 Å². The molecule has 0 aromatic heterocycles. The van der Waals surface area contributed by atoms with Crippen LogP contribution in [0.2, 0.25) is 0 Å². The minimum Gasteiger partial charge on any atom is -0.478 e. The average molecular weight is 562 g/mol. The van der Waals surface area contributed by atoms with Crippen molar-refractivity contribution in [3.63, 3.8) is 0 Å². The monoisotopic (exact) mass is 561 g/mol. The van der Waals surface area contributed by atoms with Crippen LogP contribution in [0.3, 0.4) is 0 Å². The average Bonchev–Trinajstić information content (AvgIpc) is 2.83. The van der Waals surface area contributed by atoms with E-state index < -0.39 is 59.1 Å². The molecule has 3 amide bonds. The number of likely N-dealkylation sites (N-methyl/N-ethyl adjacent to an activating group) is 2. The number of nitrogens with one attached hydrogen (secondary N) is 1. The molecule has 0 saturated carbocycles. The third-order valence-electron chi connectivity index (χ3n) is 6.80. The van der Waals surface area contributed by atoms with Crippen LogP contribution in [0.1, 0.15) is 67.9 Å². The molecule has 0 heterocycles. The Morgan fingerprint density at radius 2 is 1.48 bits per heavy atom. The lowest BCUT2D eigenvalue weighted by Gasteiger charge is -2.41. The molecule has 3 N–H and O–H groups in total. The summed E-state index contributed by atoms with van der Waals surface area (Å²) in [5.74, 6) is -2.53. The van der Waals surface area contributed by atoms with Crippen LogP contribution in [0.25, 0.3) is 0 Å². The normalized spacial score (nSPS) is 15.5. The van der Waals surface area contributed by atoms with Crippen LogP contribution in [-0.4, -0.2) is 87.8 Å². The molecule has 1 rings (SSSR count). The Bertz CT molecular complexity index is 1070. The maximum Gasteiger partial charge on any atom is 0.410 e. The minimum absolute atomic E-state index is 0.0691. The molecule has 0 spiro atoms. The van der Waals surface area contributed by atoms with E-state index >= 15 is 0 Å². The van der Waals surface area contributed by atoms with Gasteiger partial charge in [-0.05, 0) is 46.1 Å². The van der Waals surface area contributed by atoms with Crippen molar-refractivity contribution in [2.24, 2.45) is 5.92 Å². The molecular weight excluding hydrogens is 514 g/mol. The molecule has 4 atom stereocenters. The molecular formula is C30H47N3O7. The van der Waals surface area contributed by atoms with Crippen molar-refractivity contribution in [2.75, 3.05) is 14.1 Å². The Morgan fingerprint density at radius 3 is 1.90 bits per heavy atom. The molecule has 1 aromatic rings. The number of carboxylic acids is 1. The summed E-state index contributed by atoms with van der Waals surface area (Å²) in [6.07, 6.45) is -0.532. The number of aliphatic carboxylic acids is 1. The second kappa shape index (κ2) is 13.8. The topological polar surface area (TPSA) is 136 Å². The Labute approximate surface area is 238 Å². The number of carbonyl (C=O) groups excluding carboxylic acids is 3. The van der Waals surface area contributed by atoms with Gasteiger partial charge in [-0.3, -0.25) is 14.5 Å². The predicted molar refractivity (Wildman–Crippen MR) is 154 cm³/mol. The lowest BCUT2D eigenvalue weighted by Crippen LogP contribution is -2.62. The van der Waals surface area contributed by atoms with Gasteiger partial charge in [-0.25, -0.2) is 9.59 Å². The highest BCUT2D eigenvalue weighted by atomic mass is 16.6. The maximum absolute atomic E-state index is 14.0. The molecule has 40 heavy (non-hydrogen) atoms. The van der Waals surface area contributed by atoms with E-state index in [2.05, 4.69) is 5.32 Å². The van der Waals surface area contributed by atoms with E-state index in [1.807, 2.05) is 58.0 Å². The van der Waals surface area contributed by atoms with E-state index in [9.17, 15) is 29.4 Å². The summed E-state index contributed by atoms with van der Waals surface area (Å²) in [5.41, 5.74) is -0.898. The first-order valence-corrected chi connectivity index (χ1v) is 13.4. The van der Waals surface area contributed by atoms with Gasteiger partial charge in [0.05, 0.1) is 12.1 Å². The molecule has 224 valence electrons. The van der Waals surface area contributed by atoms with E-state index in [-0.39, 0.29) is 11.5 Å². The smallest absolute Gasteiger partial charge is 0.410 e. The fourth-order valence-corrected chi connectivity index (χ4v) is 4.52. The molecule has 10 nitrogen and oxygen atoms in total. The van der Waals surface area contributed by atoms with Gasteiger partial charge in [0.15, 0.2) is 0 Å². The van der Waals surface area contributed by atoms with Crippen molar-refractivity contribution in [3.05, 3.63) is 47.5 Å². The van der Waals surface area contributed by atoms with Crippen LogP contribution >= 0.6 is 0 Å². The van der Waals surface area contributed by atoms with E-state index in [0.717, 1.165) is 5.56 Å². The molecule has 0 fully saturated rings. The first-order chi connectivity index (χ1) is 18.2. The van der Waals surface area contributed by atoms with Gasteiger partial charge in [0, 0.05) is 25.1 Å². The largest absolute Gasteiger partial charge is 0.478 e. The van der Waals surface area contributed by atoms with Crippen LogP contribution < -0.4 is 5.32 Å². The Hall–Kier alpha value is -3.40. The molecule has 0 radical (unpaired) electrons. The standard InChI is InChI=1S/C30H47N3O7/c1-18(2)22(17-19(3)27(37)38)32(10)26(36)23(20(4)34)31-25(35)24(33(11)28(39)40-29(5,6)7)30(8,9)21-15-13-12-14-16-21/h12-18,20,22-24,34H,1-11H3,(H,31,35)(H,37,38)/b19-17+/t20-,22+,23-,24+/m0/s1. The fraction of sp³-hybridized carbons (Fsp3) is 0.600. The summed E-state index contributed by atoms with van der Waals surface area (Å²) < 4.78 is 5.54. The van der Waals surface area contributed by atoms with Gasteiger partial charge in [-0.1, -0.05) is 64.1 Å². The number of amides is 3. The number of aliphatic hydroxyl groups excluding tert-OH is 1. The van der Waals surface area contributed by atoms with Crippen LogP contribution in [0.15, 0.2) is 42.0 Å². The van der Waals surface area contributed by atoms with Crippen LogP contribution in [0.5, 0.6) is 0 Å². The number of carboxylic acid groups (broad SMARTS) is 1. The molecule has 1 aromatic carbocycles. The zero-order valence-corrected chi connectivity index (χ0v) is 25.7. The van der Waals surface area contributed by atoms with Crippen LogP contribution in [0, 0.1) is 5.92 Å². The van der Waals surface area contributed by atoms with Gasteiger partial charge in [0.2, 0.25) is 11.8 Å². The summed E-state index contributed by atoms with van der Waals surface area (Å²) in [4.78, 5) is 54.6. The predicted octanol–water partition coefficient (Wildman–Crippen LogP) is 3.58. The zero-order chi connectivity index (χ0) is 31.2. The number of hydrogen-bond acceptors (Lipinski definition) is 6. The minimum atomic E-state index is -1.36. The first-order valence-electron chi connectivity index (χ1n) is 13.4. The fourth-order valence-electron chi connectivity index (χ4n) is 4.52. The Kier molecular flexibility index (Phi) is 11.9. The molecule has 10 heteroatoms. The third-order valence-corrected chi connectivity index (χ3v) is 6.80. The van der Waals surface area contributed by atoms with Gasteiger partial charge in [0.25, 0.3) is 0 Å². The number of hydrogen-bond donors (Lipinski definition) is 3. The van der Waals surface area contributed by atoms with Crippen molar-refractivity contribution in [3.8, 4) is 0 Å². The van der Waals surface area contributed by atoms with Crippen molar-refractivity contribution < 1.29 is 34.1 Å². The van der Waals surface area contributed by atoms with Crippen molar-refractivity contribution in [2.45, 2.75) is 97.6 Å². The summed E-state index contributed by atoms with van der Waals surface area (Å²) in [7, 11) is 2.96. The summed E-state index contributed by atoms with van der Waals surface area (Å²) >= 11 is 0. The third kappa shape index (κ3) is 9.08. The molecule has 0 unspecified atom stereocenters. The molecule has 0 bridgehead atoms.